The Morgan fingerprint density at radius 3 is 2.52 bits per heavy atom. The van der Waals surface area contributed by atoms with Crippen LogP contribution in [-0.2, 0) is 4.79 Å². The molecular weight excluding hydrogens is 304 g/mol. The third kappa shape index (κ3) is 4.04. The van der Waals surface area contributed by atoms with Gasteiger partial charge in [0.05, 0.1) is 13.2 Å². The van der Waals surface area contributed by atoms with Crippen molar-refractivity contribution in [3.05, 3.63) is 65.2 Å². The van der Waals surface area contributed by atoms with E-state index in [1.54, 1.807) is 31.2 Å². The van der Waals surface area contributed by atoms with Crippen LogP contribution in [0.15, 0.2) is 42.5 Å². The minimum Gasteiger partial charge on any atom is -0.497 e. The van der Waals surface area contributed by atoms with E-state index in [0.29, 0.717) is 16.9 Å². The van der Waals surface area contributed by atoms with Gasteiger partial charge in [-0.25, -0.2) is 8.78 Å². The number of benzene rings is 2. The van der Waals surface area contributed by atoms with Gasteiger partial charge in [0.15, 0.2) is 17.7 Å². The summed E-state index contributed by atoms with van der Waals surface area (Å²) < 4.78 is 31.2. The first-order chi connectivity index (χ1) is 10.9. The highest BCUT2D eigenvalue weighted by Crippen LogP contribution is 2.21. The second-order valence-corrected chi connectivity index (χ2v) is 5.08. The van der Waals surface area contributed by atoms with E-state index in [2.05, 4.69) is 5.32 Å². The maximum atomic E-state index is 13.2. The molecule has 2 aromatic carbocycles. The lowest BCUT2D eigenvalue weighted by atomic mass is 10.1. The molecule has 0 bridgehead atoms. The fraction of sp³-hybridized carbons (Fsp3) is 0.235. The minimum absolute atomic E-state index is 0.374. The number of amides is 1. The molecule has 0 fully saturated rings. The predicted octanol–water partition coefficient (Wildman–Crippen LogP) is 2.88. The highest BCUT2D eigenvalue weighted by molar-refractivity contribution is 5.82. The second kappa shape index (κ2) is 7.19. The predicted molar refractivity (Wildman–Crippen MR) is 80.9 cm³/mol. The number of rotatable bonds is 5. The van der Waals surface area contributed by atoms with Gasteiger partial charge in [-0.2, -0.15) is 0 Å². The molecule has 2 unspecified atom stereocenters. The molecule has 2 aromatic rings. The van der Waals surface area contributed by atoms with Gasteiger partial charge in [0.25, 0.3) is 5.91 Å². The summed E-state index contributed by atoms with van der Waals surface area (Å²) in [5, 5.41) is 12.7. The van der Waals surface area contributed by atoms with Crippen molar-refractivity contribution in [1.82, 2.24) is 5.32 Å². The molecule has 23 heavy (non-hydrogen) atoms. The molecule has 0 spiro atoms. The number of carbonyl (C=O) groups excluding carboxylic acids is 1. The summed E-state index contributed by atoms with van der Waals surface area (Å²) in [5.41, 5.74) is 0.773. The van der Waals surface area contributed by atoms with Crippen molar-refractivity contribution < 1.29 is 23.4 Å². The van der Waals surface area contributed by atoms with E-state index in [4.69, 9.17) is 4.74 Å². The third-order valence-corrected chi connectivity index (χ3v) is 3.46. The molecule has 6 heteroatoms. The first kappa shape index (κ1) is 16.9. The van der Waals surface area contributed by atoms with E-state index >= 15 is 0 Å². The van der Waals surface area contributed by atoms with Crippen LogP contribution in [0.3, 0.4) is 0 Å². The average molecular weight is 321 g/mol. The Bertz CT molecular complexity index is 706. The maximum Gasteiger partial charge on any atom is 0.253 e. The molecule has 0 saturated carbocycles. The van der Waals surface area contributed by atoms with E-state index < -0.39 is 29.7 Å². The van der Waals surface area contributed by atoms with Gasteiger partial charge >= 0.3 is 0 Å². The topological polar surface area (TPSA) is 58.6 Å². The molecule has 0 aromatic heterocycles. The van der Waals surface area contributed by atoms with Crippen LogP contribution in [-0.4, -0.2) is 18.1 Å². The first-order valence-electron chi connectivity index (χ1n) is 6.99. The van der Waals surface area contributed by atoms with Gasteiger partial charge < -0.3 is 15.2 Å². The molecular formula is C17H17F2NO3. The lowest BCUT2D eigenvalue weighted by molar-refractivity contribution is -0.130. The fourth-order valence-electron chi connectivity index (χ4n) is 2.12. The smallest absolute Gasteiger partial charge is 0.253 e. The zero-order valence-corrected chi connectivity index (χ0v) is 12.7. The largest absolute Gasteiger partial charge is 0.497 e. The first-order valence-corrected chi connectivity index (χ1v) is 6.99. The molecule has 2 rings (SSSR count). The van der Waals surface area contributed by atoms with Crippen molar-refractivity contribution in [3.8, 4) is 5.75 Å². The number of aliphatic hydroxyl groups is 1. The van der Waals surface area contributed by atoms with E-state index in [0.717, 1.165) is 12.1 Å². The van der Waals surface area contributed by atoms with Gasteiger partial charge in [-0.1, -0.05) is 18.2 Å². The van der Waals surface area contributed by atoms with Crippen molar-refractivity contribution in [2.45, 2.75) is 19.1 Å². The van der Waals surface area contributed by atoms with Gasteiger partial charge in [-0.15, -0.1) is 0 Å². The quantitative estimate of drug-likeness (QED) is 0.890. The van der Waals surface area contributed by atoms with Crippen molar-refractivity contribution in [2.75, 3.05) is 7.11 Å². The number of carbonyl (C=O) groups is 1. The van der Waals surface area contributed by atoms with E-state index in [1.807, 2.05) is 0 Å². The monoisotopic (exact) mass is 321 g/mol. The Morgan fingerprint density at radius 2 is 1.87 bits per heavy atom. The molecule has 2 atom stereocenters. The van der Waals surface area contributed by atoms with Crippen molar-refractivity contribution in [1.29, 1.82) is 0 Å². The van der Waals surface area contributed by atoms with Crippen molar-refractivity contribution >= 4 is 5.91 Å². The van der Waals surface area contributed by atoms with Gasteiger partial charge in [-0.05, 0) is 42.3 Å². The summed E-state index contributed by atoms with van der Waals surface area (Å²) in [5.74, 6) is -2.07. The lowest BCUT2D eigenvalue weighted by Gasteiger charge is -2.18. The zero-order chi connectivity index (χ0) is 17.0. The summed E-state index contributed by atoms with van der Waals surface area (Å²) in [7, 11) is 1.48. The molecule has 0 saturated heterocycles. The summed E-state index contributed by atoms with van der Waals surface area (Å²) >= 11 is 0. The van der Waals surface area contributed by atoms with E-state index in [-0.39, 0.29) is 0 Å². The maximum absolute atomic E-state index is 13.2. The Morgan fingerprint density at radius 1 is 1.13 bits per heavy atom. The van der Waals surface area contributed by atoms with Crippen LogP contribution >= 0.6 is 0 Å². The molecule has 2 N–H and O–H groups in total. The summed E-state index contributed by atoms with van der Waals surface area (Å²) in [6.45, 7) is 1.61. The van der Waals surface area contributed by atoms with Crippen LogP contribution in [0.2, 0.25) is 0 Å². The Labute approximate surface area is 132 Å². The second-order valence-electron chi connectivity index (χ2n) is 5.08. The van der Waals surface area contributed by atoms with Crippen molar-refractivity contribution in [3.63, 3.8) is 0 Å². The molecule has 4 nitrogen and oxygen atoms in total. The van der Waals surface area contributed by atoms with Crippen LogP contribution in [0, 0.1) is 11.6 Å². The minimum atomic E-state index is -1.39. The third-order valence-electron chi connectivity index (χ3n) is 3.46. The lowest BCUT2D eigenvalue weighted by Crippen LogP contribution is -2.31. The average Bonchev–Trinajstić information content (AvgIpc) is 2.56. The highest BCUT2D eigenvalue weighted by Gasteiger charge is 2.20. The van der Waals surface area contributed by atoms with Gasteiger partial charge in [0.2, 0.25) is 0 Å². The molecule has 0 aliphatic rings. The Balaban J connectivity index is 2.09. The zero-order valence-electron chi connectivity index (χ0n) is 12.7. The van der Waals surface area contributed by atoms with Crippen LogP contribution in [0.1, 0.15) is 30.2 Å². The van der Waals surface area contributed by atoms with Crippen LogP contribution in [0.4, 0.5) is 8.78 Å². The number of hydrogen-bond donors (Lipinski definition) is 2. The standard InChI is InChI=1S/C17H17F2NO3/c1-10(11-6-7-14(18)15(19)9-11)20-17(22)16(21)12-4-3-5-13(8-12)23-2/h3-10,16,21H,1-2H3,(H,20,22). The normalized spacial score (nSPS) is 13.3. The van der Waals surface area contributed by atoms with Gasteiger partial charge in [0.1, 0.15) is 5.75 Å². The fourth-order valence-corrected chi connectivity index (χ4v) is 2.12. The molecule has 122 valence electrons. The van der Waals surface area contributed by atoms with Crippen LogP contribution in [0.25, 0.3) is 0 Å². The molecule has 0 aliphatic heterocycles. The molecule has 0 aliphatic carbocycles. The number of methoxy groups -OCH3 is 1. The van der Waals surface area contributed by atoms with E-state index in [1.165, 1.54) is 13.2 Å². The molecule has 0 heterocycles. The summed E-state index contributed by atoms with van der Waals surface area (Å²) in [6, 6.07) is 9.28. The highest BCUT2D eigenvalue weighted by atomic mass is 19.2. The van der Waals surface area contributed by atoms with Crippen LogP contribution in [0.5, 0.6) is 5.75 Å². The Kier molecular flexibility index (Phi) is 5.28. The SMILES string of the molecule is COc1cccc(C(O)C(=O)NC(C)c2ccc(F)c(F)c2)c1. The number of halogens is 2. The number of nitrogens with one attached hydrogen (secondary N) is 1. The van der Waals surface area contributed by atoms with Crippen LogP contribution < -0.4 is 10.1 Å². The molecule has 1 amide bonds. The molecule has 0 radical (unpaired) electrons. The van der Waals surface area contributed by atoms with Gasteiger partial charge in [0, 0.05) is 0 Å². The summed E-state index contributed by atoms with van der Waals surface area (Å²) in [4.78, 5) is 12.1. The number of aliphatic hydroxyl groups excluding tert-OH is 1. The number of ether oxygens (including phenoxy) is 1. The van der Waals surface area contributed by atoms with E-state index in [9.17, 15) is 18.7 Å². The Hall–Kier alpha value is -2.47. The van der Waals surface area contributed by atoms with Gasteiger partial charge in [-0.3, -0.25) is 4.79 Å². The summed E-state index contributed by atoms with van der Waals surface area (Å²) in [6.07, 6.45) is -1.39. The van der Waals surface area contributed by atoms with Crippen molar-refractivity contribution in [2.24, 2.45) is 0 Å². The number of hydrogen-bond acceptors (Lipinski definition) is 3.